The molecule has 1 fully saturated rings. The van der Waals surface area contributed by atoms with Crippen molar-refractivity contribution >= 4 is 27.2 Å². The van der Waals surface area contributed by atoms with Crippen LogP contribution in [0, 0.1) is 10.1 Å². The molecule has 1 aliphatic rings. The van der Waals surface area contributed by atoms with Crippen molar-refractivity contribution in [2.24, 2.45) is 0 Å². The third-order valence-corrected chi connectivity index (χ3v) is 4.86. The van der Waals surface area contributed by atoms with Crippen LogP contribution in [0.2, 0.25) is 0 Å². The lowest BCUT2D eigenvalue weighted by Crippen LogP contribution is -2.41. The van der Waals surface area contributed by atoms with E-state index in [1.54, 1.807) is 11.0 Å². The zero-order chi connectivity index (χ0) is 15.5. The molecule has 0 unspecified atom stereocenters. The van der Waals surface area contributed by atoms with Gasteiger partial charge >= 0.3 is 5.69 Å². The number of hydrogen-bond acceptors (Lipinski definition) is 7. The molecule has 0 spiro atoms. The summed E-state index contributed by atoms with van der Waals surface area (Å²) in [5.74, 6) is 0.790. The van der Waals surface area contributed by atoms with Crippen LogP contribution < -0.4 is 10.2 Å². The lowest BCUT2D eigenvalue weighted by atomic mass is 10.3. The monoisotopic (exact) mass is 314 g/mol. The van der Waals surface area contributed by atoms with Crippen LogP contribution in [0.3, 0.4) is 0 Å². The van der Waals surface area contributed by atoms with Crippen LogP contribution in [0.25, 0.3) is 0 Å². The molecule has 0 bridgehead atoms. The Bertz CT molecular complexity index is 618. The number of hydrogen-bond donors (Lipinski definition) is 1. The maximum absolute atomic E-state index is 11.5. The largest absolute Gasteiger partial charge is 0.370 e. The summed E-state index contributed by atoms with van der Waals surface area (Å²) >= 11 is 0. The van der Waals surface area contributed by atoms with E-state index in [4.69, 9.17) is 0 Å². The van der Waals surface area contributed by atoms with E-state index in [9.17, 15) is 18.5 Å². The van der Waals surface area contributed by atoms with E-state index in [-0.39, 0.29) is 36.1 Å². The van der Waals surface area contributed by atoms with Gasteiger partial charge in [-0.05, 0) is 12.5 Å². The first-order valence-electron chi connectivity index (χ1n) is 6.77. The van der Waals surface area contributed by atoms with E-state index in [2.05, 4.69) is 10.3 Å². The maximum atomic E-state index is 11.5. The zero-order valence-electron chi connectivity index (χ0n) is 11.8. The van der Waals surface area contributed by atoms with Gasteiger partial charge in [0.25, 0.3) is 0 Å². The Hall–Kier alpha value is -1.90. The van der Waals surface area contributed by atoms with Crippen molar-refractivity contribution in [1.82, 2.24) is 4.98 Å². The van der Waals surface area contributed by atoms with Crippen LogP contribution in [0.1, 0.15) is 13.3 Å². The second kappa shape index (κ2) is 6.25. The van der Waals surface area contributed by atoms with Gasteiger partial charge in [-0.2, -0.15) is 0 Å². The quantitative estimate of drug-likeness (QED) is 0.639. The predicted octanol–water partition coefficient (Wildman–Crippen LogP) is 1.05. The van der Waals surface area contributed by atoms with Gasteiger partial charge in [0.05, 0.1) is 16.4 Å². The van der Waals surface area contributed by atoms with E-state index in [1.807, 2.05) is 6.92 Å². The van der Waals surface area contributed by atoms with Crippen LogP contribution in [0.5, 0.6) is 0 Å². The Morgan fingerprint density at radius 3 is 2.62 bits per heavy atom. The van der Waals surface area contributed by atoms with Gasteiger partial charge in [-0.1, -0.05) is 6.92 Å². The summed E-state index contributed by atoms with van der Waals surface area (Å²) in [7, 11) is -3.04. The van der Waals surface area contributed by atoms with E-state index in [0.717, 1.165) is 13.0 Å². The molecule has 116 valence electrons. The van der Waals surface area contributed by atoms with Crippen LogP contribution in [-0.2, 0) is 9.84 Å². The maximum Gasteiger partial charge on any atom is 0.311 e. The summed E-state index contributed by atoms with van der Waals surface area (Å²) in [5, 5.41) is 14.2. The van der Waals surface area contributed by atoms with Gasteiger partial charge in [-0.3, -0.25) is 10.1 Å². The molecule has 8 nitrogen and oxygen atoms in total. The van der Waals surface area contributed by atoms with Crippen molar-refractivity contribution in [3.8, 4) is 0 Å². The number of anilines is 2. The molecule has 1 saturated heterocycles. The Balaban J connectivity index is 2.28. The average molecular weight is 314 g/mol. The van der Waals surface area contributed by atoms with Crippen molar-refractivity contribution in [2.45, 2.75) is 13.3 Å². The number of aromatic nitrogens is 1. The molecule has 21 heavy (non-hydrogen) atoms. The van der Waals surface area contributed by atoms with E-state index in [0.29, 0.717) is 5.82 Å². The number of sulfone groups is 1. The average Bonchev–Trinajstić information content (AvgIpc) is 2.44. The zero-order valence-corrected chi connectivity index (χ0v) is 12.6. The molecule has 0 amide bonds. The number of rotatable bonds is 5. The summed E-state index contributed by atoms with van der Waals surface area (Å²) < 4.78 is 22.9. The summed E-state index contributed by atoms with van der Waals surface area (Å²) in [6.45, 7) is 3.19. The van der Waals surface area contributed by atoms with Gasteiger partial charge in [0, 0.05) is 25.7 Å². The first-order valence-corrected chi connectivity index (χ1v) is 8.60. The minimum Gasteiger partial charge on any atom is -0.370 e. The highest BCUT2D eigenvalue weighted by Gasteiger charge is 2.28. The minimum absolute atomic E-state index is 0.00154. The first kappa shape index (κ1) is 15.5. The fourth-order valence-electron chi connectivity index (χ4n) is 2.09. The fourth-order valence-corrected chi connectivity index (χ4v) is 3.29. The highest BCUT2D eigenvalue weighted by molar-refractivity contribution is 7.91. The first-order chi connectivity index (χ1) is 9.93. The molecule has 2 rings (SSSR count). The molecular formula is C12H18N4O4S. The normalized spacial score (nSPS) is 17.5. The molecule has 1 N–H and O–H groups in total. The molecule has 1 aromatic rings. The van der Waals surface area contributed by atoms with Crippen molar-refractivity contribution in [2.75, 3.05) is 41.4 Å². The van der Waals surface area contributed by atoms with Crippen molar-refractivity contribution in [1.29, 1.82) is 0 Å². The third kappa shape index (κ3) is 3.81. The number of nitro groups is 1. The lowest BCUT2D eigenvalue weighted by Gasteiger charge is -2.27. The van der Waals surface area contributed by atoms with Crippen LogP contribution in [-0.4, -0.2) is 49.5 Å². The van der Waals surface area contributed by atoms with Gasteiger partial charge in [0.1, 0.15) is 5.82 Å². The van der Waals surface area contributed by atoms with E-state index < -0.39 is 14.8 Å². The van der Waals surface area contributed by atoms with Crippen LogP contribution in [0.15, 0.2) is 12.1 Å². The molecule has 0 radical (unpaired) electrons. The Morgan fingerprint density at radius 1 is 1.38 bits per heavy atom. The van der Waals surface area contributed by atoms with Crippen molar-refractivity contribution in [3.63, 3.8) is 0 Å². The van der Waals surface area contributed by atoms with Gasteiger partial charge < -0.3 is 10.2 Å². The van der Waals surface area contributed by atoms with E-state index in [1.165, 1.54) is 6.07 Å². The molecule has 1 aliphatic heterocycles. The third-order valence-electron chi connectivity index (χ3n) is 3.25. The Morgan fingerprint density at radius 2 is 2.05 bits per heavy atom. The molecule has 0 aromatic carbocycles. The summed E-state index contributed by atoms with van der Waals surface area (Å²) in [6.07, 6.45) is 0.913. The van der Waals surface area contributed by atoms with Crippen molar-refractivity contribution < 1.29 is 13.3 Å². The predicted molar refractivity (Wildman–Crippen MR) is 80.5 cm³/mol. The number of nitrogens with zero attached hydrogens (tertiary/aromatic N) is 3. The SMILES string of the molecule is CCCNc1ccc([N+](=O)[O-])c(N2CCS(=O)(=O)CC2)n1. The molecule has 2 heterocycles. The second-order valence-corrected chi connectivity index (χ2v) is 7.17. The summed E-state index contributed by atoms with van der Waals surface area (Å²) in [5.41, 5.74) is -0.101. The Kier molecular flexibility index (Phi) is 4.61. The standard InChI is InChI=1S/C12H18N4O4S/c1-2-5-13-11-4-3-10(16(17)18)12(14-11)15-6-8-21(19,20)9-7-15/h3-4H,2,5-9H2,1H3,(H,13,14). The van der Waals surface area contributed by atoms with E-state index >= 15 is 0 Å². The Labute approximate surface area is 123 Å². The van der Waals surface area contributed by atoms with Gasteiger partial charge in [0.2, 0.25) is 5.82 Å². The summed E-state index contributed by atoms with van der Waals surface area (Å²) in [4.78, 5) is 16.6. The summed E-state index contributed by atoms with van der Waals surface area (Å²) in [6, 6.07) is 2.97. The van der Waals surface area contributed by atoms with Crippen LogP contribution in [0.4, 0.5) is 17.3 Å². The topological polar surface area (TPSA) is 105 Å². The molecule has 0 aliphatic carbocycles. The van der Waals surface area contributed by atoms with Gasteiger partial charge in [0.15, 0.2) is 9.84 Å². The minimum atomic E-state index is -3.04. The molecule has 0 saturated carbocycles. The second-order valence-electron chi connectivity index (χ2n) is 4.86. The molecule has 1 aromatic heterocycles. The molecule has 9 heteroatoms. The van der Waals surface area contributed by atoms with Crippen LogP contribution >= 0.6 is 0 Å². The highest BCUT2D eigenvalue weighted by atomic mass is 32.2. The highest BCUT2D eigenvalue weighted by Crippen LogP contribution is 2.28. The lowest BCUT2D eigenvalue weighted by molar-refractivity contribution is -0.384. The molecular weight excluding hydrogens is 296 g/mol. The van der Waals surface area contributed by atoms with Crippen molar-refractivity contribution in [3.05, 3.63) is 22.2 Å². The fraction of sp³-hybridized carbons (Fsp3) is 0.583. The smallest absolute Gasteiger partial charge is 0.311 e. The van der Waals surface area contributed by atoms with Gasteiger partial charge in [-0.25, -0.2) is 13.4 Å². The molecule has 0 atom stereocenters. The van der Waals surface area contributed by atoms with Gasteiger partial charge in [-0.15, -0.1) is 0 Å². The number of nitrogens with one attached hydrogen (secondary N) is 1. The number of pyridine rings is 1.